The van der Waals surface area contributed by atoms with Crippen LogP contribution in [-0.2, 0) is 0 Å². The molecule has 21 nitrogen and oxygen atoms in total. The van der Waals surface area contributed by atoms with Gasteiger partial charge in [-0.25, -0.2) is 38.0 Å². The summed E-state index contributed by atoms with van der Waals surface area (Å²) in [5.74, 6) is 4.23. The van der Waals surface area contributed by atoms with Crippen molar-refractivity contribution in [3.63, 3.8) is 0 Å². The second-order valence-corrected chi connectivity index (χ2v) is 22.3. The van der Waals surface area contributed by atoms with Gasteiger partial charge in [-0.2, -0.15) is 9.97 Å². The third-order valence-electron chi connectivity index (χ3n) is 14.2. The fourth-order valence-electron chi connectivity index (χ4n) is 9.72. The van der Waals surface area contributed by atoms with Crippen LogP contribution < -0.4 is 20.5 Å². The topological polar surface area (TPSA) is 242 Å². The first-order chi connectivity index (χ1) is 47.3. The van der Waals surface area contributed by atoms with E-state index < -0.39 is 0 Å². The molecule has 478 valence electrons. The van der Waals surface area contributed by atoms with Crippen molar-refractivity contribution in [2.75, 3.05) is 11.1 Å². The van der Waals surface area contributed by atoms with Gasteiger partial charge in [0.2, 0.25) is 34.0 Å². The summed E-state index contributed by atoms with van der Waals surface area (Å²) in [6.07, 6.45) is 10.8. The second kappa shape index (κ2) is 30.6. The number of nitrogens with one attached hydrogen (secondary N) is 1. The van der Waals surface area contributed by atoms with Gasteiger partial charge in [0.25, 0.3) is 0 Å². The van der Waals surface area contributed by atoms with Crippen LogP contribution in [0, 0.1) is 27.7 Å². The third-order valence-corrected chi connectivity index (χ3v) is 14.8. The number of pyridine rings is 5. The maximum absolute atomic E-state index is 5.94. The molecule has 0 atom stereocenters. The van der Waals surface area contributed by atoms with Crippen molar-refractivity contribution in [3.05, 3.63) is 300 Å². The monoisotopic (exact) mass is 1340 g/mol. The molecule has 17 rings (SSSR count). The van der Waals surface area contributed by atoms with Gasteiger partial charge in [0.1, 0.15) is 45.0 Å². The van der Waals surface area contributed by atoms with Crippen LogP contribution in [0.25, 0.3) is 66.9 Å². The van der Waals surface area contributed by atoms with Crippen molar-refractivity contribution < 1.29 is 9.47 Å². The zero-order valence-electron chi connectivity index (χ0n) is 52.5. The van der Waals surface area contributed by atoms with Gasteiger partial charge in [0, 0.05) is 76.4 Å². The first-order valence-electron chi connectivity index (χ1n) is 30.2. The van der Waals surface area contributed by atoms with Gasteiger partial charge < -0.3 is 20.5 Å². The van der Waals surface area contributed by atoms with Gasteiger partial charge >= 0.3 is 0 Å². The SMILES string of the molecule is Cc1cccc(-c2nc(Nc3ccnc4ccccc34)c3cccn3n2)n1.Cc1cccc(-c2nc(Oc3ccccc3)c3cccn3n2)n1.Cc1cccc(C)n1.Clc1nc(Cl)c2cccn2n1.Clc1nc(Oc2ccccc2)c2cccn2n1.Nc1ccnc2ccccc12. The van der Waals surface area contributed by atoms with E-state index in [4.69, 9.17) is 55.0 Å². The number of para-hydroxylation sites is 4. The third kappa shape index (κ3) is 16.6. The van der Waals surface area contributed by atoms with Crippen molar-refractivity contribution in [2.45, 2.75) is 27.7 Å². The number of hydrogen-bond donors (Lipinski definition) is 2. The number of nitrogen functional groups attached to an aromatic ring is 1. The van der Waals surface area contributed by atoms with Crippen LogP contribution in [0.5, 0.6) is 23.3 Å². The number of nitrogens with two attached hydrogens (primary N) is 1. The van der Waals surface area contributed by atoms with E-state index in [9.17, 15) is 0 Å². The molecular weight excluding hydrogens is 1280 g/mol. The molecule has 0 bridgehead atoms. The van der Waals surface area contributed by atoms with Gasteiger partial charge in [-0.3, -0.25) is 15.0 Å². The molecule has 13 aromatic heterocycles. The molecule has 0 radical (unpaired) electrons. The molecule has 0 aliphatic heterocycles. The van der Waals surface area contributed by atoms with Crippen molar-refractivity contribution in [2.24, 2.45) is 0 Å². The maximum Gasteiger partial charge on any atom is 0.248 e. The first-order valence-corrected chi connectivity index (χ1v) is 31.3. The van der Waals surface area contributed by atoms with E-state index >= 15 is 0 Å². The predicted octanol–water partition coefficient (Wildman–Crippen LogP) is 17.0. The number of aromatic nitrogens is 17. The minimum atomic E-state index is 0.152. The molecule has 0 saturated carbocycles. The molecule has 24 heteroatoms. The summed E-state index contributed by atoms with van der Waals surface area (Å²) in [7, 11) is 0. The van der Waals surface area contributed by atoms with E-state index in [2.05, 4.69) is 65.6 Å². The fraction of sp³-hybridized carbons (Fsp3) is 0.0548. The van der Waals surface area contributed by atoms with E-state index in [1.807, 2.05) is 269 Å². The lowest BCUT2D eigenvalue weighted by Crippen LogP contribution is -2.04. The summed E-state index contributed by atoms with van der Waals surface area (Å²) in [5.41, 5.74) is 18.1. The molecule has 0 saturated heterocycles. The van der Waals surface area contributed by atoms with E-state index in [0.29, 0.717) is 34.3 Å². The average molecular weight is 1340 g/mol. The highest BCUT2D eigenvalue weighted by molar-refractivity contribution is 6.34. The van der Waals surface area contributed by atoms with Gasteiger partial charge in [-0.1, -0.05) is 103 Å². The van der Waals surface area contributed by atoms with Crippen LogP contribution in [-0.4, -0.2) is 83.3 Å². The normalized spacial score (nSPS) is 10.7. The lowest BCUT2D eigenvalue weighted by molar-refractivity contribution is 0.463. The Morgan fingerprint density at radius 1 is 0.361 bits per heavy atom. The van der Waals surface area contributed by atoms with Crippen LogP contribution in [0.3, 0.4) is 0 Å². The Bertz CT molecular complexity index is 5470. The van der Waals surface area contributed by atoms with Crippen molar-refractivity contribution in [1.82, 2.24) is 83.3 Å². The quantitative estimate of drug-likeness (QED) is 0.144. The van der Waals surface area contributed by atoms with Gasteiger partial charge in [0.05, 0.1) is 16.7 Å². The maximum atomic E-state index is 5.94. The van der Waals surface area contributed by atoms with E-state index in [-0.39, 0.29) is 10.6 Å². The number of aryl methyl sites for hydroxylation is 4. The van der Waals surface area contributed by atoms with Crippen LogP contribution >= 0.6 is 34.8 Å². The number of rotatable bonds is 8. The standard InChI is InChI=1S/C21H16N6.C18H14N4O.C12H8ClN3O.C9H8N2.C7H9N.C6H3Cl2N3/c1-14-6-4-9-18(23-14)20-25-21(19-10-5-13-27(19)26-20)24-17-11-12-22-16-8-3-2-7-15(16)17;1-13-7-5-10-15(19-13)17-20-18(16-11-6-12-22(16)21-17)23-14-8-3-2-4-9-14;13-12-14-11(10-7-4-8-16(10)15-12)17-9-5-2-1-3-6-9;10-8-5-6-11-9-4-2-1-3-7(8)9;1-6-4-3-5-7(2)8-6;7-5-4-2-1-3-11(4)10-6(8)9-5/h2-13H,1H3,(H,22,24,25,26);2-12H,1H3;1-8H;1-6H,(H2,10,11);3-5H,1-2H3;1-3H. The van der Waals surface area contributed by atoms with E-state index in [1.165, 1.54) is 0 Å². The van der Waals surface area contributed by atoms with E-state index in [1.54, 1.807) is 38.3 Å². The number of hydrogen-bond acceptors (Lipinski definition) is 17. The van der Waals surface area contributed by atoms with Crippen molar-refractivity contribution >= 4 is 95.9 Å². The lowest BCUT2D eigenvalue weighted by atomic mass is 10.2. The zero-order chi connectivity index (χ0) is 67.0. The average Bonchev–Trinajstić information content (AvgIpc) is 1.78. The Morgan fingerprint density at radius 2 is 0.794 bits per heavy atom. The van der Waals surface area contributed by atoms with Crippen LogP contribution in [0.4, 0.5) is 17.2 Å². The number of ether oxygens (including phenoxy) is 2. The van der Waals surface area contributed by atoms with Crippen LogP contribution in [0.15, 0.2) is 262 Å². The lowest BCUT2D eigenvalue weighted by Gasteiger charge is -2.11. The summed E-state index contributed by atoms with van der Waals surface area (Å²) in [4.78, 5) is 39.0. The molecule has 3 N–H and O–H groups in total. The minimum absolute atomic E-state index is 0.152. The zero-order valence-corrected chi connectivity index (χ0v) is 54.7. The predicted molar refractivity (Wildman–Crippen MR) is 381 cm³/mol. The highest BCUT2D eigenvalue weighted by atomic mass is 35.5. The van der Waals surface area contributed by atoms with Crippen molar-refractivity contribution in [1.29, 1.82) is 0 Å². The molecule has 13 heterocycles. The Labute approximate surface area is 570 Å². The highest BCUT2D eigenvalue weighted by Crippen LogP contribution is 2.30. The number of nitrogens with zero attached hydrogens (tertiary/aromatic N) is 17. The molecule has 17 aromatic rings. The molecule has 0 unspecified atom stereocenters. The fourth-order valence-corrected chi connectivity index (χ4v) is 10.3. The van der Waals surface area contributed by atoms with Gasteiger partial charge in [-0.15, -0.1) is 20.4 Å². The minimum Gasteiger partial charge on any atom is -0.437 e. The summed E-state index contributed by atoms with van der Waals surface area (Å²) < 4.78 is 18.4. The summed E-state index contributed by atoms with van der Waals surface area (Å²) >= 11 is 17.1. The summed E-state index contributed by atoms with van der Waals surface area (Å²) in [5, 5.41) is 23.2. The molecule has 0 fully saturated rings. The summed E-state index contributed by atoms with van der Waals surface area (Å²) in [6.45, 7) is 7.89. The Hall–Kier alpha value is -12.3. The number of anilines is 3. The largest absolute Gasteiger partial charge is 0.437 e. The van der Waals surface area contributed by atoms with Crippen LogP contribution in [0.1, 0.15) is 22.8 Å². The number of benzene rings is 4. The summed E-state index contributed by atoms with van der Waals surface area (Å²) in [6, 6.07) is 71.4. The van der Waals surface area contributed by atoms with Gasteiger partial charge in [0.15, 0.2) is 11.0 Å². The molecule has 97 heavy (non-hydrogen) atoms. The van der Waals surface area contributed by atoms with Gasteiger partial charge in [-0.05, 0) is 184 Å². The van der Waals surface area contributed by atoms with E-state index in [0.717, 1.165) is 101 Å². The Morgan fingerprint density at radius 3 is 1.34 bits per heavy atom. The number of halogens is 3. The molecule has 0 amide bonds. The molecule has 4 aromatic carbocycles. The number of fused-ring (bicyclic) bond motifs is 6. The Balaban J connectivity index is 0.000000116. The van der Waals surface area contributed by atoms with Crippen LogP contribution in [0.2, 0.25) is 15.7 Å². The molecule has 0 aliphatic rings. The second-order valence-electron chi connectivity index (χ2n) is 21.2. The molecule has 0 aliphatic carbocycles. The first kappa shape index (κ1) is 64.8. The Kier molecular flexibility index (Phi) is 20.5. The smallest absolute Gasteiger partial charge is 0.248 e. The molecular formula is C73H58Cl3N19O2. The highest BCUT2D eigenvalue weighted by Gasteiger charge is 2.15. The van der Waals surface area contributed by atoms with Crippen molar-refractivity contribution in [3.8, 4) is 46.3 Å². The molecule has 0 spiro atoms.